The van der Waals surface area contributed by atoms with E-state index < -0.39 is 5.82 Å². The number of para-hydroxylation sites is 1. The van der Waals surface area contributed by atoms with Crippen molar-refractivity contribution >= 4 is 17.2 Å². The lowest BCUT2D eigenvalue weighted by molar-refractivity contribution is -0.123. The summed E-state index contributed by atoms with van der Waals surface area (Å²) in [5.41, 5.74) is 0.0574. The SMILES string of the molecule is O=C(COc1ccccc1F)NCC1(c2cccs2)CCCC1. The first-order valence-electron chi connectivity index (χ1n) is 7.88. The Balaban J connectivity index is 1.55. The third kappa shape index (κ3) is 3.72. The smallest absolute Gasteiger partial charge is 0.257 e. The molecular formula is C18H20FNO2S. The molecule has 3 nitrogen and oxygen atoms in total. The average Bonchev–Trinajstić information content (AvgIpc) is 3.24. The molecule has 1 heterocycles. The van der Waals surface area contributed by atoms with Gasteiger partial charge in [0.1, 0.15) is 0 Å². The Labute approximate surface area is 139 Å². The van der Waals surface area contributed by atoms with E-state index in [-0.39, 0.29) is 23.7 Å². The molecule has 1 aliphatic carbocycles. The zero-order valence-corrected chi connectivity index (χ0v) is 13.7. The summed E-state index contributed by atoms with van der Waals surface area (Å²) in [7, 11) is 0. The van der Waals surface area contributed by atoms with Gasteiger partial charge in [-0.15, -0.1) is 11.3 Å². The Bertz CT molecular complexity index is 651. The second kappa shape index (κ2) is 7.13. The molecule has 5 heteroatoms. The van der Waals surface area contributed by atoms with Gasteiger partial charge in [0.25, 0.3) is 5.91 Å². The molecule has 0 atom stereocenters. The number of ether oxygens (including phenoxy) is 1. The topological polar surface area (TPSA) is 38.3 Å². The molecule has 1 N–H and O–H groups in total. The molecule has 0 spiro atoms. The summed E-state index contributed by atoms with van der Waals surface area (Å²) in [6.45, 7) is 0.453. The van der Waals surface area contributed by atoms with Crippen LogP contribution in [0.4, 0.5) is 4.39 Å². The van der Waals surface area contributed by atoms with Crippen LogP contribution in [0.3, 0.4) is 0 Å². The summed E-state index contributed by atoms with van der Waals surface area (Å²) in [5.74, 6) is -0.557. The molecule has 1 aromatic carbocycles. The highest BCUT2D eigenvalue weighted by atomic mass is 32.1. The lowest BCUT2D eigenvalue weighted by atomic mass is 9.84. The number of carbonyl (C=O) groups excluding carboxylic acids is 1. The van der Waals surface area contributed by atoms with Crippen LogP contribution >= 0.6 is 11.3 Å². The van der Waals surface area contributed by atoms with E-state index >= 15 is 0 Å². The van der Waals surface area contributed by atoms with Crippen LogP contribution in [0.25, 0.3) is 0 Å². The maximum atomic E-state index is 13.5. The number of halogens is 1. The molecule has 2 aromatic rings. The van der Waals surface area contributed by atoms with Crippen LogP contribution in [0.5, 0.6) is 5.75 Å². The molecule has 0 aliphatic heterocycles. The fourth-order valence-electron chi connectivity index (χ4n) is 3.17. The minimum atomic E-state index is -0.453. The third-order valence-corrected chi connectivity index (χ3v) is 5.54. The first kappa shape index (κ1) is 16.0. The second-order valence-corrected chi connectivity index (χ2v) is 6.91. The van der Waals surface area contributed by atoms with Gasteiger partial charge in [0, 0.05) is 16.8 Å². The third-order valence-electron chi connectivity index (χ3n) is 4.42. The molecule has 3 rings (SSSR count). The monoisotopic (exact) mass is 333 g/mol. The van der Waals surface area contributed by atoms with Crippen molar-refractivity contribution in [3.05, 3.63) is 52.5 Å². The van der Waals surface area contributed by atoms with Gasteiger partial charge in [-0.05, 0) is 36.4 Å². The Morgan fingerprint density at radius 3 is 2.70 bits per heavy atom. The molecule has 0 unspecified atom stereocenters. The van der Waals surface area contributed by atoms with Crippen molar-refractivity contribution in [2.45, 2.75) is 31.1 Å². The molecule has 0 bridgehead atoms. The molecule has 0 radical (unpaired) electrons. The van der Waals surface area contributed by atoms with Crippen molar-refractivity contribution in [1.29, 1.82) is 0 Å². The van der Waals surface area contributed by atoms with Crippen molar-refractivity contribution < 1.29 is 13.9 Å². The molecule has 1 fully saturated rings. The van der Waals surface area contributed by atoms with E-state index in [1.165, 1.54) is 29.9 Å². The number of thiophene rings is 1. The number of carbonyl (C=O) groups is 1. The molecule has 1 aliphatic rings. The Kier molecular flexibility index (Phi) is 4.96. The van der Waals surface area contributed by atoms with E-state index in [0.717, 1.165) is 12.8 Å². The van der Waals surface area contributed by atoms with E-state index in [2.05, 4.69) is 22.8 Å². The van der Waals surface area contributed by atoms with E-state index in [4.69, 9.17) is 4.74 Å². The Morgan fingerprint density at radius 1 is 1.22 bits per heavy atom. The highest BCUT2D eigenvalue weighted by Crippen LogP contribution is 2.42. The Hall–Kier alpha value is -1.88. The fourth-order valence-corrected chi connectivity index (χ4v) is 4.15. The van der Waals surface area contributed by atoms with Gasteiger partial charge in [0.15, 0.2) is 18.2 Å². The summed E-state index contributed by atoms with van der Waals surface area (Å²) in [4.78, 5) is 13.4. The predicted octanol–water partition coefficient (Wildman–Crippen LogP) is 3.89. The number of rotatable bonds is 6. The molecule has 1 aromatic heterocycles. The van der Waals surface area contributed by atoms with Crippen molar-refractivity contribution in [3.63, 3.8) is 0 Å². The Morgan fingerprint density at radius 2 is 2.00 bits per heavy atom. The number of hydrogen-bond acceptors (Lipinski definition) is 3. The molecule has 23 heavy (non-hydrogen) atoms. The normalized spacial score (nSPS) is 16.2. The highest BCUT2D eigenvalue weighted by molar-refractivity contribution is 7.10. The largest absolute Gasteiger partial charge is 0.481 e. The minimum Gasteiger partial charge on any atom is -0.481 e. The first-order valence-corrected chi connectivity index (χ1v) is 8.76. The number of nitrogens with one attached hydrogen (secondary N) is 1. The summed E-state index contributed by atoms with van der Waals surface area (Å²) in [6.07, 6.45) is 4.59. The standard InChI is InChI=1S/C18H20FNO2S/c19-14-6-1-2-7-15(14)22-12-17(21)20-13-18(9-3-4-10-18)16-8-5-11-23-16/h1-2,5-8,11H,3-4,9-10,12-13H2,(H,20,21). The molecule has 0 saturated heterocycles. The van der Waals surface area contributed by atoms with E-state index in [1.807, 2.05) is 0 Å². The summed E-state index contributed by atoms with van der Waals surface area (Å²) < 4.78 is 18.7. The summed E-state index contributed by atoms with van der Waals surface area (Å²) >= 11 is 1.75. The van der Waals surface area contributed by atoms with Gasteiger partial charge < -0.3 is 10.1 Å². The van der Waals surface area contributed by atoms with Gasteiger partial charge in [0.05, 0.1) is 0 Å². The van der Waals surface area contributed by atoms with Crippen LogP contribution in [-0.2, 0) is 10.2 Å². The van der Waals surface area contributed by atoms with Crippen LogP contribution in [0, 0.1) is 5.82 Å². The van der Waals surface area contributed by atoms with E-state index in [9.17, 15) is 9.18 Å². The van der Waals surface area contributed by atoms with Gasteiger partial charge in [0.2, 0.25) is 0 Å². The zero-order valence-electron chi connectivity index (χ0n) is 12.9. The van der Waals surface area contributed by atoms with Crippen molar-refractivity contribution in [2.75, 3.05) is 13.2 Å². The quantitative estimate of drug-likeness (QED) is 0.871. The predicted molar refractivity (Wildman–Crippen MR) is 89.4 cm³/mol. The van der Waals surface area contributed by atoms with Crippen molar-refractivity contribution in [2.24, 2.45) is 0 Å². The lowest BCUT2D eigenvalue weighted by Gasteiger charge is -2.28. The molecule has 1 saturated carbocycles. The average molecular weight is 333 g/mol. The highest BCUT2D eigenvalue weighted by Gasteiger charge is 2.36. The van der Waals surface area contributed by atoms with Gasteiger partial charge >= 0.3 is 0 Å². The van der Waals surface area contributed by atoms with Gasteiger partial charge in [-0.1, -0.05) is 31.0 Å². The van der Waals surface area contributed by atoms with Crippen LogP contribution in [0.2, 0.25) is 0 Å². The minimum absolute atomic E-state index is 0.0574. The number of benzene rings is 1. The summed E-state index contributed by atoms with van der Waals surface area (Å²) in [6, 6.07) is 10.3. The number of amides is 1. The molecule has 122 valence electrons. The fraction of sp³-hybridized carbons (Fsp3) is 0.389. The first-order chi connectivity index (χ1) is 11.2. The zero-order chi connectivity index (χ0) is 16.1. The maximum absolute atomic E-state index is 13.5. The summed E-state index contributed by atoms with van der Waals surface area (Å²) in [5, 5.41) is 5.05. The van der Waals surface area contributed by atoms with E-state index in [0.29, 0.717) is 6.54 Å². The van der Waals surface area contributed by atoms with Crippen LogP contribution in [0.15, 0.2) is 41.8 Å². The van der Waals surface area contributed by atoms with Crippen LogP contribution in [0.1, 0.15) is 30.6 Å². The maximum Gasteiger partial charge on any atom is 0.257 e. The lowest BCUT2D eigenvalue weighted by Crippen LogP contribution is -2.40. The van der Waals surface area contributed by atoms with E-state index in [1.54, 1.807) is 23.5 Å². The van der Waals surface area contributed by atoms with Crippen molar-refractivity contribution in [1.82, 2.24) is 5.32 Å². The van der Waals surface area contributed by atoms with Crippen LogP contribution < -0.4 is 10.1 Å². The van der Waals surface area contributed by atoms with Crippen molar-refractivity contribution in [3.8, 4) is 5.75 Å². The second-order valence-electron chi connectivity index (χ2n) is 5.96. The van der Waals surface area contributed by atoms with Gasteiger partial charge in [-0.3, -0.25) is 4.79 Å². The van der Waals surface area contributed by atoms with Crippen LogP contribution in [-0.4, -0.2) is 19.1 Å². The van der Waals surface area contributed by atoms with Gasteiger partial charge in [-0.25, -0.2) is 4.39 Å². The van der Waals surface area contributed by atoms with Gasteiger partial charge in [-0.2, -0.15) is 0 Å². The molecular weight excluding hydrogens is 313 g/mol. The molecule has 1 amide bonds. The number of hydrogen-bond donors (Lipinski definition) is 1.